The van der Waals surface area contributed by atoms with Crippen LogP contribution in [0.15, 0.2) is 146 Å². The molecule has 0 heterocycles. The molecule has 0 amide bonds. The second-order valence-corrected chi connectivity index (χ2v) is 12.6. The molecule has 0 bridgehead atoms. The molecule has 0 fully saturated rings. The summed E-state index contributed by atoms with van der Waals surface area (Å²) in [5, 5.41) is 0.931. The summed E-state index contributed by atoms with van der Waals surface area (Å²) < 4.78 is 100. The molecule has 0 unspecified atom stereocenters. The van der Waals surface area contributed by atoms with Crippen molar-refractivity contribution in [1.82, 2.24) is 0 Å². The first kappa shape index (κ1) is 37.2. The molecule has 0 atom stereocenters. The highest BCUT2D eigenvalue weighted by Gasteiger charge is 2.72. The summed E-state index contributed by atoms with van der Waals surface area (Å²) in [6, 6.07) is 31.1. The summed E-state index contributed by atoms with van der Waals surface area (Å²) in [6.45, 7) is 0. The third kappa shape index (κ3) is 7.79. The van der Waals surface area contributed by atoms with Crippen LogP contribution in [0.25, 0.3) is 0 Å². The number of carbonyl (C=O) groups is 2. The average Bonchev–Trinajstić information content (AvgIpc) is 3.13. The molecule has 0 aliphatic rings. The van der Waals surface area contributed by atoms with Crippen LogP contribution in [-0.4, -0.2) is 23.9 Å². The van der Waals surface area contributed by atoms with Crippen molar-refractivity contribution in [2.45, 2.75) is 17.8 Å². The van der Waals surface area contributed by atoms with Crippen molar-refractivity contribution in [2.24, 2.45) is 0 Å². The fourth-order valence-corrected chi connectivity index (χ4v) is 5.94. The van der Waals surface area contributed by atoms with Crippen LogP contribution in [0, 0.1) is 0 Å². The van der Waals surface area contributed by atoms with Crippen LogP contribution in [-0.2, 0) is 5.41 Å². The molecule has 12 heteroatoms. The molecule has 4 nitrogen and oxygen atoms in total. The third-order valence-electron chi connectivity index (χ3n) is 8.34. The molecule has 0 saturated heterocycles. The van der Waals surface area contributed by atoms with Gasteiger partial charge in [-0.2, -0.15) is 26.3 Å². The number of alkyl halides is 6. The lowest BCUT2D eigenvalue weighted by atomic mass is 9.73. The van der Waals surface area contributed by atoms with Gasteiger partial charge in [0.25, 0.3) is 0 Å². The Morgan fingerprint density at radius 1 is 0.377 bits per heavy atom. The van der Waals surface area contributed by atoms with Gasteiger partial charge in [0.15, 0.2) is 11.6 Å². The quantitative estimate of drug-likeness (QED) is 0.103. The molecule has 268 valence electrons. The fourth-order valence-electron chi connectivity index (χ4n) is 5.68. The van der Waals surface area contributed by atoms with Crippen molar-refractivity contribution < 1.29 is 45.4 Å². The molecule has 0 spiro atoms. The zero-order valence-electron chi connectivity index (χ0n) is 27.0. The van der Waals surface area contributed by atoms with Crippen LogP contribution in [0.4, 0.5) is 26.3 Å². The number of carbonyl (C=O) groups excluding carboxylic acids is 2. The Kier molecular flexibility index (Phi) is 10.4. The van der Waals surface area contributed by atoms with Crippen molar-refractivity contribution in [3.05, 3.63) is 189 Å². The number of ketones is 2. The molecule has 0 aliphatic heterocycles. The van der Waals surface area contributed by atoms with Gasteiger partial charge in [-0.15, -0.1) is 0 Å². The van der Waals surface area contributed by atoms with E-state index in [0.717, 1.165) is 24.3 Å². The minimum Gasteiger partial charge on any atom is -0.457 e. The van der Waals surface area contributed by atoms with Gasteiger partial charge in [-0.25, -0.2) is 0 Å². The van der Waals surface area contributed by atoms with Crippen LogP contribution in [0.2, 0.25) is 10.0 Å². The van der Waals surface area contributed by atoms with Crippen molar-refractivity contribution in [3.8, 4) is 23.0 Å². The summed E-state index contributed by atoms with van der Waals surface area (Å²) >= 11 is 11.7. The number of hydrogen-bond donors (Lipinski definition) is 0. The van der Waals surface area contributed by atoms with Gasteiger partial charge in [-0.3, -0.25) is 9.59 Å². The molecule has 0 aromatic heterocycles. The van der Waals surface area contributed by atoms with Gasteiger partial charge in [0.1, 0.15) is 23.0 Å². The lowest BCUT2D eigenvalue weighted by molar-refractivity contribution is -0.288. The molecule has 6 aromatic rings. The highest BCUT2D eigenvalue weighted by Crippen LogP contribution is 2.56. The maximum atomic E-state index is 14.8. The first-order chi connectivity index (χ1) is 25.2. The predicted octanol–water partition coefficient (Wildman–Crippen LogP) is 12.5. The zero-order chi connectivity index (χ0) is 38.0. The first-order valence-electron chi connectivity index (χ1n) is 15.7. The molecule has 0 saturated carbocycles. The van der Waals surface area contributed by atoms with E-state index in [1.807, 2.05) is 0 Å². The smallest absolute Gasteiger partial charge is 0.411 e. The Labute approximate surface area is 309 Å². The SMILES string of the molecule is O=C(c1ccc(Cl)cc1)c1ccc(Oc2ccc(C(c3ccc(Oc4ccc(C(=O)c5ccc(Cl)cc5)cc4)cc3)(C(F)(F)F)C(F)(F)F)cc2)cc1. The van der Waals surface area contributed by atoms with Gasteiger partial charge in [-0.05, 0) is 132 Å². The van der Waals surface area contributed by atoms with Crippen molar-refractivity contribution in [1.29, 1.82) is 0 Å². The first-order valence-corrected chi connectivity index (χ1v) is 16.4. The summed E-state index contributed by atoms with van der Waals surface area (Å²) in [4.78, 5) is 25.5. The molecule has 0 N–H and O–H groups in total. The van der Waals surface area contributed by atoms with Crippen molar-refractivity contribution in [3.63, 3.8) is 0 Å². The zero-order valence-corrected chi connectivity index (χ0v) is 28.5. The molecular formula is C41H24Cl2F6O4. The number of ether oxygens (including phenoxy) is 2. The third-order valence-corrected chi connectivity index (χ3v) is 8.85. The van der Waals surface area contributed by atoms with Crippen LogP contribution < -0.4 is 9.47 Å². The van der Waals surface area contributed by atoms with E-state index >= 15 is 0 Å². The minimum atomic E-state index is -5.81. The van der Waals surface area contributed by atoms with E-state index in [2.05, 4.69) is 0 Å². The van der Waals surface area contributed by atoms with E-state index in [1.165, 1.54) is 48.5 Å². The van der Waals surface area contributed by atoms with Crippen LogP contribution in [0.5, 0.6) is 23.0 Å². The summed E-state index contributed by atoms with van der Waals surface area (Å²) in [7, 11) is 0. The summed E-state index contributed by atoms with van der Waals surface area (Å²) in [5.41, 5.74) is -5.11. The van der Waals surface area contributed by atoms with E-state index < -0.39 is 28.9 Å². The highest BCUT2D eigenvalue weighted by molar-refractivity contribution is 6.31. The predicted molar refractivity (Wildman–Crippen MR) is 189 cm³/mol. The standard InChI is InChI=1S/C41H24Cl2F6O4/c42-31-13-1-25(2-14-31)37(50)27-5-17-33(18-6-27)52-35-21-9-29(10-22-35)39(40(44,45)46,41(47,48)49)30-11-23-36(24-12-30)53-34-19-7-28(8-20-34)38(51)26-3-15-32(43)16-4-26/h1-24H. The number of rotatable bonds is 10. The largest absolute Gasteiger partial charge is 0.457 e. The molecule has 0 radical (unpaired) electrons. The lowest BCUT2D eigenvalue weighted by Gasteiger charge is -2.38. The Morgan fingerprint density at radius 3 is 0.849 bits per heavy atom. The van der Waals surface area contributed by atoms with Crippen LogP contribution in [0.1, 0.15) is 43.0 Å². The normalized spacial score (nSPS) is 11.9. The van der Waals surface area contributed by atoms with E-state index in [-0.39, 0.29) is 34.6 Å². The van der Waals surface area contributed by atoms with Gasteiger partial charge in [0.2, 0.25) is 5.41 Å². The fraction of sp³-hybridized carbons (Fsp3) is 0.0732. The maximum absolute atomic E-state index is 14.8. The maximum Gasteiger partial charge on any atom is 0.411 e. The van der Waals surface area contributed by atoms with E-state index in [1.54, 1.807) is 48.5 Å². The Morgan fingerprint density at radius 2 is 0.604 bits per heavy atom. The van der Waals surface area contributed by atoms with Crippen molar-refractivity contribution in [2.75, 3.05) is 0 Å². The Balaban J connectivity index is 1.20. The molecule has 6 aromatic carbocycles. The number of benzene rings is 6. The molecular weight excluding hydrogens is 741 g/mol. The second-order valence-electron chi connectivity index (χ2n) is 11.7. The van der Waals surface area contributed by atoms with Gasteiger partial charge < -0.3 is 9.47 Å². The minimum absolute atomic E-state index is 0.0339. The molecule has 6 rings (SSSR count). The van der Waals surface area contributed by atoms with E-state index in [9.17, 15) is 35.9 Å². The Bertz CT molecular complexity index is 2050. The van der Waals surface area contributed by atoms with E-state index in [0.29, 0.717) is 56.6 Å². The van der Waals surface area contributed by atoms with Gasteiger partial charge >= 0.3 is 12.4 Å². The van der Waals surface area contributed by atoms with Crippen LogP contribution >= 0.6 is 23.2 Å². The number of halogens is 8. The highest BCUT2D eigenvalue weighted by atomic mass is 35.5. The average molecular weight is 766 g/mol. The second kappa shape index (κ2) is 14.8. The van der Waals surface area contributed by atoms with Gasteiger partial charge in [-0.1, -0.05) is 47.5 Å². The summed E-state index contributed by atoms with van der Waals surface area (Å²) in [6.07, 6.45) is -11.6. The molecule has 53 heavy (non-hydrogen) atoms. The van der Waals surface area contributed by atoms with Crippen molar-refractivity contribution >= 4 is 34.8 Å². The van der Waals surface area contributed by atoms with Gasteiger partial charge in [0, 0.05) is 32.3 Å². The Hall–Kier alpha value is -5.58. The number of hydrogen-bond acceptors (Lipinski definition) is 4. The molecule has 0 aliphatic carbocycles. The topological polar surface area (TPSA) is 52.6 Å². The van der Waals surface area contributed by atoms with E-state index in [4.69, 9.17) is 32.7 Å². The van der Waals surface area contributed by atoms with Gasteiger partial charge in [0.05, 0.1) is 0 Å². The summed E-state index contributed by atoms with van der Waals surface area (Å²) in [5.74, 6) is -0.249. The monoisotopic (exact) mass is 764 g/mol. The van der Waals surface area contributed by atoms with Crippen LogP contribution in [0.3, 0.4) is 0 Å². The lowest BCUT2D eigenvalue weighted by Crippen LogP contribution is -2.54.